The molecule has 2 aromatic rings. The Labute approximate surface area is 162 Å². The number of benzene rings is 1. The standard InChI is InChI=1S/C20H23ClN2O2S/c21-18-15-7-3-4-8-16(15)26-19(18)20(25)22-11-17(24)23-10-9-13-5-1-2-6-14(13)12-23/h3-4,7-8,13-14H,1-2,5-6,9-12H2,(H,22,25)/t13-,14-/m0/s1. The summed E-state index contributed by atoms with van der Waals surface area (Å²) in [6.45, 7) is 1.71. The molecule has 1 aliphatic heterocycles. The van der Waals surface area contributed by atoms with E-state index in [0.717, 1.165) is 35.5 Å². The Morgan fingerprint density at radius 1 is 1.15 bits per heavy atom. The quantitative estimate of drug-likeness (QED) is 0.848. The number of thiophene rings is 1. The number of hydrogen-bond donors (Lipinski definition) is 1. The van der Waals surface area contributed by atoms with E-state index in [-0.39, 0.29) is 18.4 Å². The smallest absolute Gasteiger partial charge is 0.263 e. The van der Waals surface area contributed by atoms with Crippen LogP contribution < -0.4 is 5.32 Å². The number of fused-ring (bicyclic) bond motifs is 2. The fourth-order valence-electron chi connectivity index (χ4n) is 4.34. The summed E-state index contributed by atoms with van der Waals surface area (Å²) in [5, 5.41) is 4.12. The minimum Gasteiger partial charge on any atom is -0.342 e. The van der Waals surface area contributed by atoms with Crippen molar-refractivity contribution in [3.05, 3.63) is 34.2 Å². The van der Waals surface area contributed by atoms with Gasteiger partial charge in [0.1, 0.15) is 4.88 Å². The maximum absolute atomic E-state index is 12.5. The highest BCUT2D eigenvalue weighted by Crippen LogP contribution is 2.36. The first-order valence-electron chi connectivity index (χ1n) is 9.36. The van der Waals surface area contributed by atoms with Crippen LogP contribution in [0.1, 0.15) is 41.8 Å². The molecule has 26 heavy (non-hydrogen) atoms. The molecule has 2 fully saturated rings. The summed E-state index contributed by atoms with van der Waals surface area (Å²) in [6, 6.07) is 7.68. The van der Waals surface area contributed by atoms with Gasteiger partial charge >= 0.3 is 0 Å². The Morgan fingerprint density at radius 3 is 2.73 bits per heavy atom. The van der Waals surface area contributed by atoms with Crippen LogP contribution >= 0.6 is 22.9 Å². The van der Waals surface area contributed by atoms with Crippen LogP contribution in [0.3, 0.4) is 0 Å². The molecular formula is C20H23ClN2O2S. The number of hydrogen-bond acceptors (Lipinski definition) is 3. The summed E-state index contributed by atoms with van der Waals surface area (Å²) in [5.74, 6) is 1.19. The fraction of sp³-hybridized carbons (Fsp3) is 0.500. The van der Waals surface area contributed by atoms with Crippen molar-refractivity contribution < 1.29 is 9.59 Å². The van der Waals surface area contributed by atoms with Gasteiger partial charge in [-0.05, 0) is 30.7 Å². The van der Waals surface area contributed by atoms with Gasteiger partial charge in [-0.1, -0.05) is 49.1 Å². The van der Waals surface area contributed by atoms with Crippen LogP contribution in [0, 0.1) is 11.8 Å². The van der Waals surface area contributed by atoms with Crippen LogP contribution in [0.2, 0.25) is 5.02 Å². The second-order valence-corrected chi connectivity index (χ2v) is 8.79. The molecule has 1 aromatic carbocycles. The summed E-state index contributed by atoms with van der Waals surface area (Å²) in [5.41, 5.74) is 0. The van der Waals surface area contributed by atoms with Crippen LogP contribution in [0.15, 0.2) is 24.3 Å². The number of carbonyl (C=O) groups excluding carboxylic acids is 2. The molecular weight excluding hydrogens is 368 g/mol. The third-order valence-corrected chi connectivity index (χ3v) is 7.46. The van der Waals surface area contributed by atoms with Gasteiger partial charge in [0, 0.05) is 23.2 Å². The van der Waals surface area contributed by atoms with Gasteiger partial charge in [0.25, 0.3) is 5.91 Å². The molecule has 1 aromatic heterocycles. The lowest BCUT2D eigenvalue weighted by molar-refractivity contribution is -0.133. The average Bonchev–Trinajstić information content (AvgIpc) is 3.02. The zero-order chi connectivity index (χ0) is 18.1. The zero-order valence-electron chi connectivity index (χ0n) is 14.7. The number of halogens is 1. The van der Waals surface area contributed by atoms with E-state index in [0.29, 0.717) is 15.8 Å². The first kappa shape index (κ1) is 17.8. The molecule has 0 spiro atoms. The third-order valence-electron chi connectivity index (χ3n) is 5.79. The minimum atomic E-state index is -0.267. The van der Waals surface area contributed by atoms with Gasteiger partial charge in [0.05, 0.1) is 11.6 Å². The SMILES string of the molecule is O=C(NCC(=O)N1CC[C@@H]2CCCC[C@H]2C1)c1sc2ccccc2c1Cl. The molecule has 1 saturated carbocycles. The van der Waals surface area contributed by atoms with E-state index in [1.165, 1.54) is 37.0 Å². The van der Waals surface area contributed by atoms with Crippen molar-refractivity contribution in [2.24, 2.45) is 11.8 Å². The summed E-state index contributed by atoms with van der Waals surface area (Å²) in [6.07, 6.45) is 6.27. The molecule has 2 amide bonds. The summed E-state index contributed by atoms with van der Waals surface area (Å²) < 4.78 is 0.980. The highest BCUT2D eigenvalue weighted by atomic mass is 35.5. The largest absolute Gasteiger partial charge is 0.342 e. The molecule has 2 atom stereocenters. The maximum atomic E-state index is 12.5. The molecule has 1 saturated heterocycles. The van der Waals surface area contributed by atoms with E-state index in [1.807, 2.05) is 29.2 Å². The monoisotopic (exact) mass is 390 g/mol. The number of nitrogens with one attached hydrogen (secondary N) is 1. The second-order valence-electron chi connectivity index (χ2n) is 7.36. The van der Waals surface area contributed by atoms with Gasteiger partial charge in [-0.3, -0.25) is 9.59 Å². The fourth-order valence-corrected chi connectivity index (χ4v) is 5.77. The predicted molar refractivity (Wildman–Crippen MR) is 106 cm³/mol. The maximum Gasteiger partial charge on any atom is 0.263 e. The Morgan fingerprint density at radius 2 is 1.92 bits per heavy atom. The molecule has 1 N–H and O–H groups in total. The lowest BCUT2D eigenvalue weighted by Crippen LogP contribution is -2.48. The first-order chi connectivity index (χ1) is 12.6. The topological polar surface area (TPSA) is 49.4 Å². The summed E-state index contributed by atoms with van der Waals surface area (Å²) in [4.78, 5) is 27.4. The van der Waals surface area contributed by atoms with E-state index in [4.69, 9.17) is 11.6 Å². The van der Waals surface area contributed by atoms with Crippen molar-refractivity contribution in [1.29, 1.82) is 0 Å². The van der Waals surface area contributed by atoms with Crippen molar-refractivity contribution in [3.63, 3.8) is 0 Å². The Hall–Kier alpha value is -1.59. The van der Waals surface area contributed by atoms with Crippen LogP contribution in [-0.2, 0) is 4.79 Å². The van der Waals surface area contributed by atoms with E-state index < -0.39 is 0 Å². The first-order valence-corrected chi connectivity index (χ1v) is 10.6. The molecule has 0 bridgehead atoms. The van der Waals surface area contributed by atoms with Crippen molar-refractivity contribution in [1.82, 2.24) is 10.2 Å². The number of piperidine rings is 1. The van der Waals surface area contributed by atoms with E-state index in [2.05, 4.69) is 5.32 Å². The van der Waals surface area contributed by atoms with Gasteiger partial charge in [-0.2, -0.15) is 0 Å². The molecule has 4 rings (SSSR count). The summed E-state index contributed by atoms with van der Waals surface area (Å²) in [7, 11) is 0. The number of likely N-dealkylation sites (tertiary alicyclic amines) is 1. The molecule has 1 aliphatic carbocycles. The Balaban J connectivity index is 1.36. The van der Waals surface area contributed by atoms with Gasteiger partial charge < -0.3 is 10.2 Å². The van der Waals surface area contributed by atoms with Gasteiger partial charge in [0.2, 0.25) is 5.91 Å². The lowest BCUT2D eigenvalue weighted by Gasteiger charge is -2.41. The second kappa shape index (κ2) is 7.57. The molecule has 6 heteroatoms. The third kappa shape index (κ3) is 3.47. The molecule has 4 nitrogen and oxygen atoms in total. The van der Waals surface area contributed by atoms with Crippen LogP contribution in [0.4, 0.5) is 0 Å². The van der Waals surface area contributed by atoms with Crippen LogP contribution in [0.25, 0.3) is 10.1 Å². The highest BCUT2D eigenvalue weighted by molar-refractivity contribution is 7.21. The number of amides is 2. The van der Waals surface area contributed by atoms with Crippen molar-refractivity contribution >= 4 is 44.8 Å². The van der Waals surface area contributed by atoms with Gasteiger partial charge in [-0.25, -0.2) is 0 Å². The average molecular weight is 391 g/mol. The number of carbonyl (C=O) groups is 2. The van der Waals surface area contributed by atoms with Gasteiger partial charge in [-0.15, -0.1) is 11.3 Å². The highest BCUT2D eigenvalue weighted by Gasteiger charge is 2.32. The van der Waals surface area contributed by atoms with Crippen molar-refractivity contribution in [3.8, 4) is 0 Å². The zero-order valence-corrected chi connectivity index (χ0v) is 16.2. The van der Waals surface area contributed by atoms with E-state index in [9.17, 15) is 9.59 Å². The van der Waals surface area contributed by atoms with Crippen LogP contribution in [0.5, 0.6) is 0 Å². The van der Waals surface area contributed by atoms with Gasteiger partial charge in [0.15, 0.2) is 0 Å². The van der Waals surface area contributed by atoms with Crippen molar-refractivity contribution in [2.75, 3.05) is 19.6 Å². The van der Waals surface area contributed by atoms with E-state index in [1.54, 1.807) is 0 Å². The molecule has 2 heterocycles. The van der Waals surface area contributed by atoms with E-state index >= 15 is 0 Å². The Bertz CT molecular complexity index is 834. The van der Waals surface area contributed by atoms with Crippen molar-refractivity contribution in [2.45, 2.75) is 32.1 Å². The molecule has 0 unspecified atom stereocenters. The number of nitrogens with zero attached hydrogens (tertiary/aromatic N) is 1. The predicted octanol–water partition coefficient (Wildman–Crippen LogP) is 4.32. The lowest BCUT2D eigenvalue weighted by atomic mass is 9.75. The van der Waals surface area contributed by atoms with Crippen LogP contribution in [-0.4, -0.2) is 36.3 Å². The molecule has 2 aliphatic rings. The number of rotatable bonds is 3. The minimum absolute atomic E-state index is 0.0135. The Kier molecular flexibility index (Phi) is 5.18. The normalized spacial score (nSPS) is 22.9. The molecule has 138 valence electrons. The summed E-state index contributed by atoms with van der Waals surface area (Å²) >= 11 is 7.71. The molecule has 0 radical (unpaired) electrons.